The summed E-state index contributed by atoms with van der Waals surface area (Å²) in [5.74, 6) is -1.65. The molecule has 2 saturated heterocycles. The Morgan fingerprint density at radius 3 is 2.59 bits per heavy atom. The normalized spacial score (nSPS) is 29.4. The summed E-state index contributed by atoms with van der Waals surface area (Å²) in [6.07, 6.45) is 8.34. The molecule has 0 aromatic heterocycles. The number of nitrogens with zero attached hydrogens (tertiary/aromatic N) is 1. The van der Waals surface area contributed by atoms with E-state index in [0.717, 1.165) is 36.8 Å². The molecule has 204 valence electrons. The number of benzene rings is 2. The van der Waals surface area contributed by atoms with Crippen molar-refractivity contribution in [2.75, 3.05) is 12.4 Å². The third kappa shape index (κ3) is 4.50. The monoisotopic (exact) mass is 529 g/mol. The zero-order valence-electron chi connectivity index (χ0n) is 22.4. The van der Waals surface area contributed by atoms with E-state index >= 15 is 0 Å². The van der Waals surface area contributed by atoms with Crippen LogP contribution in [0.15, 0.2) is 60.7 Å². The van der Waals surface area contributed by atoms with E-state index in [1.54, 1.807) is 36.3 Å². The number of amides is 3. The first-order chi connectivity index (χ1) is 18.9. The van der Waals surface area contributed by atoms with Crippen LogP contribution in [0, 0.1) is 18.8 Å². The SMILES string of the molecule is COc1cccc(NC(=O)[C@@H]2[C@H]3C=C[C@@]4(O3)[C@H]2C(=O)N(Cc2ccc(C)cc2)[C@@H]4C(=O)NC2CCCCC2)c1. The molecular formula is C31H35N3O5. The Morgan fingerprint density at radius 2 is 1.85 bits per heavy atom. The second-order valence-corrected chi connectivity index (χ2v) is 11.2. The van der Waals surface area contributed by atoms with Crippen molar-refractivity contribution in [1.29, 1.82) is 0 Å². The van der Waals surface area contributed by atoms with Gasteiger partial charge in [-0.15, -0.1) is 0 Å². The molecule has 0 radical (unpaired) electrons. The Hall–Kier alpha value is -3.65. The number of anilines is 1. The summed E-state index contributed by atoms with van der Waals surface area (Å²) >= 11 is 0. The second kappa shape index (κ2) is 10.2. The molecule has 3 amide bonds. The molecule has 4 aliphatic rings. The summed E-state index contributed by atoms with van der Waals surface area (Å²) in [4.78, 5) is 43.4. The number of carbonyl (C=O) groups is 3. The van der Waals surface area contributed by atoms with Gasteiger partial charge in [0.05, 0.1) is 25.0 Å². The highest BCUT2D eigenvalue weighted by Gasteiger charge is 2.72. The topological polar surface area (TPSA) is 97.0 Å². The van der Waals surface area contributed by atoms with E-state index in [4.69, 9.17) is 9.47 Å². The molecular weight excluding hydrogens is 494 g/mol. The van der Waals surface area contributed by atoms with E-state index < -0.39 is 29.6 Å². The molecule has 0 unspecified atom stereocenters. The van der Waals surface area contributed by atoms with Gasteiger partial charge in [-0.3, -0.25) is 14.4 Å². The fourth-order valence-corrected chi connectivity index (χ4v) is 6.78. The van der Waals surface area contributed by atoms with Crippen LogP contribution in [-0.4, -0.2) is 53.5 Å². The zero-order chi connectivity index (χ0) is 27.1. The summed E-state index contributed by atoms with van der Waals surface area (Å²) in [5.41, 5.74) is 1.44. The van der Waals surface area contributed by atoms with Crippen LogP contribution < -0.4 is 15.4 Å². The molecule has 3 fully saturated rings. The fourth-order valence-electron chi connectivity index (χ4n) is 6.78. The van der Waals surface area contributed by atoms with Crippen LogP contribution in [-0.2, 0) is 25.7 Å². The third-order valence-corrected chi connectivity index (χ3v) is 8.69. The lowest BCUT2D eigenvalue weighted by Gasteiger charge is -2.34. The summed E-state index contributed by atoms with van der Waals surface area (Å²) in [5, 5.41) is 6.18. The van der Waals surface area contributed by atoms with Crippen molar-refractivity contribution in [2.45, 2.75) is 69.4 Å². The van der Waals surface area contributed by atoms with Gasteiger partial charge in [0.25, 0.3) is 0 Å². The maximum atomic E-state index is 14.1. The van der Waals surface area contributed by atoms with Gasteiger partial charge in [-0.25, -0.2) is 0 Å². The van der Waals surface area contributed by atoms with Gasteiger partial charge in [0.1, 0.15) is 17.4 Å². The average molecular weight is 530 g/mol. The standard InChI is InChI=1S/C31H35N3O5/c1-19-11-13-20(14-12-19)18-34-27(29(36)32-21-7-4-3-5-8-21)31-16-15-24(39-31)25(26(31)30(34)37)28(35)33-22-9-6-10-23(17-22)38-2/h6,9-17,21,24-27H,3-5,7-8,18H2,1-2H3,(H,32,36)(H,33,35)/t24-,25-,26-,27-,31-/m1/s1. The molecule has 8 heteroatoms. The van der Waals surface area contributed by atoms with Crippen molar-refractivity contribution in [3.63, 3.8) is 0 Å². The molecule has 1 aliphatic carbocycles. The summed E-state index contributed by atoms with van der Waals surface area (Å²) in [6.45, 7) is 2.28. The minimum atomic E-state index is -1.18. The molecule has 8 nitrogen and oxygen atoms in total. The molecule has 3 heterocycles. The minimum Gasteiger partial charge on any atom is -0.497 e. The van der Waals surface area contributed by atoms with Crippen molar-refractivity contribution >= 4 is 23.4 Å². The lowest BCUT2D eigenvalue weighted by molar-refractivity contribution is -0.142. The smallest absolute Gasteiger partial charge is 0.246 e. The van der Waals surface area contributed by atoms with Crippen LogP contribution in [0.1, 0.15) is 43.2 Å². The van der Waals surface area contributed by atoms with E-state index in [1.807, 2.05) is 43.3 Å². The summed E-state index contributed by atoms with van der Waals surface area (Å²) in [6, 6.07) is 14.3. The van der Waals surface area contributed by atoms with Crippen LogP contribution in [0.4, 0.5) is 5.69 Å². The predicted molar refractivity (Wildman–Crippen MR) is 146 cm³/mol. The number of rotatable bonds is 7. The van der Waals surface area contributed by atoms with Crippen molar-refractivity contribution in [1.82, 2.24) is 10.2 Å². The first-order valence-corrected chi connectivity index (χ1v) is 13.9. The van der Waals surface area contributed by atoms with Crippen LogP contribution in [0.3, 0.4) is 0 Å². The van der Waals surface area contributed by atoms with E-state index in [1.165, 1.54) is 6.42 Å². The molecule has 3 aliphatic heterocycles. The van der Waals surface area contributed by atoms with Crippen molar-refractivity contribution in [3.05, 3.63) is 71.8 Å². The van der Waals surface area contributed by atoms with Crippen LogP contribution >= 0.6 is 0 Å². The van der Waals surface area contributed by atoms with Gasteiger partial charge in [-0.05, 0) is 37.5 Å². The zero-order valence-corrected chi connectivity index (χ0v) is 22.4. The van der Waals surface area contributed by atoms with Gasteiger partial charge in [-0.1, -0.05) is 67.3 Å². The quantitative estimate of drug-likeness (QED) is 0.533. The van der Waals surface area contributed by atoms with Crippen LogP contribution in [0.5, 0.6) is 5.75 Å². The van der Waals surface area contributed by atoms with Gasteiger partial charge in [0.2, 0.25) is 17.7 Å². The Morgan fingerprint density at radius 1 is 1.08 bits per heavy atom. The highest BCUT2D eigenvalue weighted by Crippen LogP contribution is 2.55. The van der Waals surface area contributed by atoms with E-state index in [-0.39, 0.29) is 30.3 Å². The van der Waals surface area contributed by atoms with Crippen LogP contribution in [0.25, 0.3) is 0 Å². The fraction of sp³-hybridized carbons (Fsp3) is 0.452. The number of ether oxygens (including phenoxy) is 2. The minimum absolute atomic E-state index is 0.0905. The average Bonchev–Trinajstić information content (AvgIpc) is 3.58. The lowest BCUT2D eigenvalue weighted by atomic mass is 9.74. The predicted octanol–water partition coefficient (Wildman–Crippen LogP) is 3.74. The number of nitrogens with one attached hydrogen (secondary N) is 2. The van der Waals surface area contributed by atoms with Gasteiger partial charge in [0.15, 0.2) is 0 Å². The molecule has 6 rings (SSSR count). The van der Waals surface area contributed by atoms with Gasteiger partial charge < -0.3 is 25.0 Å². The Kier molecular flexibility index (Phi) is 6.67. The number of likely N-dealkylation sites (tertiary alicyclic amines) is 1. The summed E-state index contributed by atoms with van der Waals surface area (Å²) in [7, 11) is 1.57. The van der Waals surface area contributed by atoms with Crippen molar-refractivity contribution in [3.8, 4) is 5.75 Å². The largest absolute Gasteiger partial charge is 0.497 e. The Labute approximate surface area is 228 Å². The van der Waals surface area contributed by atoms with Gasteiger partial charge in [0, 0.05) is 24.3 Å². The lowest BCUT2D eigenvalue weighted by Crippen LogP contribution is -2.56. The molecule has 1 saturated carbocycles. The molecule has 2 aromatic rings. The molecule has 5 atom stereocenters. The molecule has 2 bridgehead atoms. The number of methoxy groups -OCH3 is 1. The molecule has 2 aromatic carbocycles. The van der Waals surface area contributed by atoms with E-state index in [9.17, 15) is 14.4 Å². The number of aryl methyl sites for hydroxylation is 1. The van der Waals surface area contributed by atoms with Crippen molar-refractivity contribution in [2.24, 2.45) is 11.8 Å². The molecule has 2 N–H and O–H groups in total. The Bertz CT molecular complexity index is 1300. The molecule has 39 heavy (non-hydrogen) atoms. The molecule has 1 spiro atoms. The van der Waals surface area contributed by atoms with Crippen molar-refractivity contribution < 1.29 is 23.9 Å². The highest BCUT2D eigenvalue weighted by atomic mass is 16.5. The number of fused-ring (bicyclic) bond motifs is 1. The number of carbonyl (C=O) groups excluding carboxylic acids is 3. The Balaban J connectivity index is 1.32. The first-order valence-electron chi connectivity index (χ1n) is 13.9. The van der Waals surface area contributed by atoms with Gasteiger partial charge >= 0.3 is 0 Å². The first kappa shape index (κ1) is 25.6. The second-order valence-electron chi connectivity index (χ2n) is 11.2. The maximum Gasteiger partial charge on any atom is 0.246 e. The highest BCUT2D eigenvalue weighted by molar-refractivity contribution is 6.02. The van der Waals surface area contributed by atoms with E-state index in [0.29, 0.717) is 11.4 Å². The van der Waals surface area contributed by atoms with E-state index in [2.05, 4.69) is 10.6 Å². The maximum absolute atomic E-state index is 14.1. The number of hydrogen-bond acceptors (Lipinski definition) is 5. The number of hydrogen-bond donors (Lipinski definition) is 2. The van der Waals surface area contributed by atoms with Crippen LogP contribution in [0.2, 0.25) is 0 Å². The summed E-state index contributed by atoms with van der Waals surface area (Å²) < 4.78 is 11.7. The van der Waals surface area contributed by atoms with Gasteiger partial charge in [-0.2, -0.15) is 0 Å². The third-order valence-electron chi connectivity index (χ3n) is 8.69.